The van der Waals surface area contributed by atoms with E-state index in [2.05, 4.69) is 0 Å². The highest BCUT2D eigenvalue weighted by atomic mass is 16.4. The number of aryl methyl sites for hydroxylation is 1. The van der Waals surface area contributed by atoms with Gasteiger partial charge in [-0.1, -0.05) is 17.7 Å². The lowest BCUT2D eigenvalue weighted by molar-refractivity contribution is -0.114. The molecule has 0 spiro atoms. The minimum atomic E-state index is -0.875. The highest BCUT2D eigenvalue weighted by Gasteiger charge is 1.98. The van der Waals surface area contributed by atoms with Crippen LogP contribution in [0.1, 0.15) is 29.8 Å². The zero-order valence-corrected chi connectivity index (χ0v) is 8.57. The minimum Gasteiger partial charge on any atom is -0.478 e. The molecule has 0 heterocycles. The highest BCUT2D eigenvalue weighted by Crippen LogP contribution is 2.01. The molecule has 0 bridgehead atoms. The molecule has 14 heavy (non-hydrogen) atoms. The molecule has 3 heteroatoms. The van der Waals surface area contributed by atoms with Gasteiger partial charge in [-0.25, -0.2) is 4.79 Å². The summed E-state index contributed by atoms with van der Waals surface area (Å²) in [5, 5.41) is 8.48. The number of carboxylic acids is 1. The average Bonchev–Trinajstić information content (AvgIpc) is 2.03. The Morgan fingerprint density at radius 2 is 1.43 bits per heavy atom. The summed E-state index contributed by atoms with van der Waals surface area (Å²) in [5.41, 5.74) is 1.41. The van der Waals surface area contributed by atoms with Crippen LogP contribution in [0.4, 0.5) is 0 Å². The van der Waals surface area contributed by atoms with Crippen molar-refractivity contribution >= 4 is 11.8 Å². The maximum absolute atomic E-state index is 10.3. The summed E-state index contributed by atoms with van der Waals surface area (Å²) in [5.74, 6) is -0.708. The van der Waals surface area contributed by atoms with Gasteiger partial charge in [0.05, 0.1) is 5.56 Å². The first kappa shape index (κ1) is 12.4. The lowest BCUT2D eigenvalue weighted by atomic mass is 10.2. The summed E-state index contributed by atoms with van der Waals surface area (Å²) in [7, 11) is 0. The van der Waals surface area contributed by atoms with Gasteiger partial charge in [0.1, 0.15) is 5.78 Å². The maximum Gasteiger partial charge on any atom is 0.335 e. The maximum atomic E-state index is 10.3. The van der Waals surface area contributed by atoms with Gasteiger partial charge in [0.2, 0.25) is 0 Å². The van der Waals surface area contributed by atoms with E-state index >= 15 is 0 Å². The molecule has 3 nitrogen and oxygen atoms in total. The van der Waals surface area contributed by atoms with Crippen LogP contribution in [-0.2, 0) is 4.79 Å². The zero-order chi connectivity index (χ0) is 11.1. The Labute approximate surface area is 83.4 Å². The fourth-order valence-corrected chi connectivity index (χ4v) is 0.696. The van der Waals surface area contributed by atoms with E-state index in [0.717, 1.165) is 5.56 Å². The van der Waals surface area contributed by atoms with Crippen LogP contribution in [0.5, 0.6) is 0 Å². The molecule has 1 N–H and O–H groups in total. The second kappa shape index (κ2) is 5.91. The summed E-state index contributed by atoms with van der Waals surface area (Å²) >= 11 is 0. The van der Waals surface area contributed by atoms with Crippen molar-refractivity contribution in [2.45, 2.75) is 20.8 Å². The van der Waals surface area contributed by atoms with Gasteiger partial charge in [0.25, 0.3) is 0 Å². The van der Waals surface area contributed by atoms with E-state index in [-0.39, 0.29) is 5.78 Å². The van der Waals surface area contributed by atoms with Crippen LogP contribution in [0.25, 0.3) is 0 Å². The fraction of sp³-hybridized carbons (Fsp3) is 0.273. The van der Waals surface area contributed by atoms with E-state index < -0.39 is 5.97 Å². The van der Waals surface area contributed by atoms with Crippen LogP contribution < -0.4 is 0 Å². The van der Waals surface area contributed by atoms with Gasteiger partial charge in [0.15, 0.2) is 0 Å². The van der Waals surface area contributed by atoms with Crippen molar-refractivity contribution in [2.75, 3.05) is 0 Å². The number of benzene rings is 1. The van der Waals surface area contributed by atoms with Crippen LogP contribution in [0, 0.1) is 6.92 Å². The molecule has 0 aromatic heterocycles. The van der Waals surface area contributed by atoms with Gasteiger partial charge in [-0.15, -0.1) is 0 Å². The number of ketones is 1. The predicted molar refractivity (Wildman–Crippen MR) is 54.5 cm³/mol. The SMILES string of the molecule is CC(C)=O.Cc1ccc(C(=O)O)cc1. The first-order valence-corrected chi connectivity index (χ1v) is 4.20. The Balaban J connectivity index is 0.000000364. The van der Waals surface area contributed by atoms with Gasteiger partial charge < -0.3 is 9.90 Å². The van der Waals surface area contributed by atoms with E-state index in [1.54, 1.807) is 24.3 Å². The zero-order valence-electron chi connectivity index (χ0n) is 8.57. The molecule has 0 atom stereocenters. The number of Topliss-reactive ketones (excluding diaryl/α,β-unsaturated/α-hetero) is 1. The smallest absolute Gasteiger partial charge is 0.335 e. The van der Waals surface area contributed by atoms with E-state index in [4.69, 9.17) is 5.11 Å². The molecule has 0 saturated heterocycles. The lowest BCUT2D eigenvalue weighted by Crippen LogP contribution is -1.94. The van der Waals surface area contributed by atoms with Crippen molar-refractivity contribution in [2.24, 2.45) is 0 Å². The third kappa shape index (κ3) is 5.94. The normalized spacial score (nSPS) is 8.50. The Kier molecular flexibility index (Phi) is 5.22. The topological polar surface area (TPSA) is 54.4 Å². The number of hydrogen-bond acceptors (Lipinski definition) is 2. The van der Waals surface area contributed by atoms with Crippen molar-refractivity contribution in [3.8, 4) is 0 Å². The molecule has 0 radical (unpaired) electrons. The van der Waals surface area contributed by atoms with E-state index in [0.29, 0.717) is 5.56 Å². The van der Waals surface area contributed by atoms with E-state index in [1.807, 2.05) is 6.92 Å². The highest BCUT2D eigenvalue weighted by molar-refractivity contribution is 5.87. The summed E-state index contributed by atoms with van der Waals surface area (Å²) in [6.07, 6.45) is 0. The Morgan fingerprint density at radius 3 is 1.71 bits per heavy atom. The van der Waals surface area contributed by atoms with Crippen LogP contribution in [0.2, 0.25) is 0 Å². The molecule has 0 aliphatic heterocycles. The second-order valence-electron chi connectivity index (χ2n) is 3.08. The largest absolute Gasteiger partial charge is 0.478 e. The number of aromatic carboxylic acids is 1. The number of carbonyl (C=O) groups is 2. The van der Waals surface area contributed by atoms with Gasteiger partial charge in [-0.05, 0) is 32.9 Å². The molecule has 76 valence electrons. The fourth-order valence-electron chi connectivity index (χ4n) is 0.696. The molecular weight excluding hydrogens is 180 g/mol. The van der Waals surface area contributed by atoms with Crippen molar-refractivity contribution in [1.29, 1.82) is 0 Å². The lowest BCUT2D eigenvalue weighted by Gasteiger charge is -1.92. The molecule has 0 aliphatic rings. The molecule has 1 aromatic rings. The van der Waals surface area contributed by atoms with Gasteiger partial charge >= 0.3 is 5.97 Å². The molecule has 0 amide bonds. The molecule has 0 aliphatic carbocycles. The summed E-state index contributed by atoms with van der Waals surface area (Å²) in [4.78, 5) is 19.8. The second-order valence-corrected chi connectivity index (χ2v) is 3.08. The van der Waals surface area contributed by atoms with Crippen molar-refractivity contribution in [1.82, 2.24) is 0 Å². The Bertz CT molecular complexity index is 308. The van der Waals surface area contributed by atoms with Crippen LogP contribution in [-0.4, -0.2) is 16.9 Å². The number of carbonyl (C=O) groups excluding carboxylic acids is 1. The van der Waals surface area contributed by atoms with Crippen molar-refractivity contribution < 1.29 is 14.7 Å². The summed E-state index contributed by atoms with van der Waals surface area (Å²) in [6, 6.07) is 6.75. The van der Waals surface area contributed by atoms with Crippen molar-refractivity contribution in [3.63, 3.8) is 0 Å². The van der Waals surface area contributed by atoms with Crippen LogP contribution in [0.3, 0.4) is 0 Å². The summed E-state index contributed by atoms with van der Waals surface area (Å²) in [6.45, 7) is 4.98. The standard InChI is InChI=1S/C8H8O2.C3H6O/c1-6-2-4-7(5-3-6)8(9)10;1-3(2)4/h2-5H,1H3,(H,9,10);1-2H3. The van der Waals surface area contributed by atoms with E-state index in [1.165, 1.54) is 13.8 Å². The third-order valence-corrected chi connectivity index (χ3v) is 1.30. The molecular formula is C11H14O3. The number of rotatable bonds is 1. The Hall–Kier alpha value is -1.64. The number of carboxylic acid groups (broad SMARTS) is 1. The first-order valence-electron chi connectivity index (χ1n) is 4.20. The van der Waals surface area contributed by atoms with Gasteiger partial charge in [-0.3, -0.25) is 0 Å². The monoisotopic (exact) mass is 194 g/mol. The van der Waals surface area contributed by atoms with E-state index in [9.17, 15) is 9.59 Å². The molecule has 1 rings (SSSR count). The third-order valence-electron chi connectivity index (χ3n) is 1.30. The minimum absolute atomic E-state index is 0.167. The molecule has 0 saturated carbocycles. The van der Waals surface area contributed by atoms with Crippen LogP contribution >= 0.6 is 0 Å². The van der Waals surface area contributed by atoms with Gasteiger partial charge in [-0.2, -0.15) is 0 Å². The molecule has 0 fully saturated rings. The first-order chi connectivity index (χ1) is 6.43. The molecule has 1 aromatic carbocycles. The van der Waals surface area contributed by atoms with Crippen LogP contribution in [0.15, 0.2) is 24.3 Å². The molecule has 0 unspecified atom stereocenters. The average molecular weight is 194 g/mol. The predicted octanol–water partition coefficient (Wildman–Crippen LogP) is 2.29. The number of hydrogen-bond donors (Lipinski definition) is 1. The summed E-state index contributed by atoms with van der Waals surface area (Å²) < 4.78 is 0. The van der Waals surface area contributed by atoms with Crippen molar-refractivity contribution in [3.05, 3.63) is 35.4 Å². The van der Waals surface area contributed by atoms with Gasteiger partial charge in [0, 0.05) is 0 Å². The quantitative estimate of drug-likeness (QED) is 0.746. The Morgan fingerprint density at radius 1 is 1.07 bits per heavy atom.